The summed E-state index contributed by atoms with van der Waals surface area (Å²) in [5.41, 5.74) is 0. The van der Waals surface area contributed by atoms with Crippen molar-refractivity contribution < 1.29 is 9.53 Å². The molecule has 1 aromatic carbocycles. The molecule has 0 aliphatic heterocycles. The van der Waals surface area contributed by atoms with Gasteiger partial charge < -0.3 is 4.74 Å². The normalized spacial score (nSPS) is 12.0. The van der Waals surface area contributed by atoms with Crippen molar-refractivity contribution in [3.8, 4) is 5.75 Å². The Labute approximate surface area is 161 Å². The molecule has 0 fully saturated rings. The maximum Gasteiger partial charge on any atom is 0.264 e. The van der Waals surface area contributed by atoms with Crippen molar-refractivity contribution in [2.24, 2.45) is 0 Å². The smallest absolute Gasteiger partial charge is 0.264 e. The first-order valence-electron chi connectivity index (χ1n) is 8.24. The third-order valence-corrected chi connectivity index (χ3v) is 5.22. The Kier molecular flexibility index (Phi) is 7.93. The van der Waals surface area contributed by atoms with E-state index in [2.05, 4.69) is 29.4 Å². The molecule has 1 aromatic heterocycles. The Hall–Kier alpha value is -1.37. The van der Waals surface area contributed by atoms with Crippen LogP contribution in [0, 0.1) is 0 Å². The molecule has 136 valence electrons. The SMILES string of the molecule is CCCC[C@H](CC)c1nnc(NC(=O)COc2ccc(Cl)cc2Cl)s1. The Morgan fingerprint density at radius 1 is 1.32 bits per heavy atom. The van der Waals surface area contributed by atoms with E-state index in [9.17, 15) is 4.79 Å². The molecule has 1 N–H and O–H groups in total. The van der Waals surface area contributed by atoms with Gasteiger partial charge in [-0.15, -0.1) is 10.2 Å². The van der Waals surface area contributed by atoms with Gasteiger partial charge in [-0.2, -0.15) is 0 Å². The van der Waals surface area contributed by atoms with Crippen LogP contribution in [0.25, 0.3) is 0 Å². The lowest BCUT2D eigenvalue weighted by Crippen LogP contribution is -2.20. The number of ether oxygens (including phenoxy) is 1. The molecule has 2 rings (SSSR count). The maximum absolute atomic E-state index is 12.0. The number of hydrogen-bond acceptors (Lipinski definition) is 5. The fourth-order valence-corrected chi connectivity index (χ4v) is 3.73. The highest BCUT2D eigenvalue weighted by Gasteiger charge is 2.16. The van der Waals surface area contributed by atoms with E-state index in [1.165, 1.54) is 11.3 Å². The number of amides is 1. The van der Waals surface area contributed by atoms with Gasteiger partial charge in [-0.05, 0) is 31.0 Å². The van der Waals surface area contributed by atoms with E-state index in [0.29, 0.717) is 26.8 Å². The fraction of sp³-hybridized carbons (Fsp3) is 0.471. The predicted molar refractivity (Wildman–Crippen MR) is 103 cm³/mol. The number of rotatable bonds is 9. The predicted octanol–water partition coefficient (Wildman–Crippen LogP) is 5.55. The van der Waals surface area contributed by atoms with Crippen molar-refractivity contribution in [2.45, 2.75) is 45.4 Å². The summed E-state index contributed by atoms with van der Waals surface area (Å²) >= 11 is 13.3. The minimum atomic E-state index is -0.310. The number of aromatic nitrogens is 2. The largest absolute Gasteiger partial charge is 0.482 e. The molecular weight excluding hydrogens is 381 g/mol. The molecule has 0 unspecified atom stereocenters. The van der Waals surface area contributed by atoms with Gasteiger partial charge in [-0.3, -0.25) is 10.1 Å². The highest BCUT2D eigenvalue weighted by atomic mass is 35.5. The standard InChI is InChI=1S/C17H21Cl2N3O2S/c1-3-5-6-11(4-2)16-21-22-17(25-16)20-15(23)10-24-14-8-7-12(18)9-13(14)19/h7-9,11H,3-6,10H2,1-2H3,(H,20,22,23)/t11-/m0/s1. The van der Waals surface area contributed by atoms with Gasteiger partial charge in [0.25, 0.3) is 5.91 Å². The van der Waals surface area contributed by atoms with Crippen LogP contribution >= 0.6 is 34.5 Å². The van der Waals surface area contributed by atoms with E-state index in [1.54, 1.807) is 18.2 Å². The van der Waals surface area contributed by atoms with Crippen molar-refractivity contribution in [1.82, 2.24) is 10.2 Å². The number of halogens is 2. The van der Waals surface area contributed by atoms with Crippen molar-refractivity contribution in [1.29, 1.82) is 0 Å². The van der Waals surface area contributed by atoms with Crippen molar-refractivity contribution in [3.63, 3.8) is 0 Å². The summed E-state index contributed by atoms with van der Waals surface area (Å²) in [6.07, 6.45) is 4.42. The average Bonchev–Trinajstić information content (AvgIpc) is 3.03. The number of nitrogens with one attached hydrogen (secondary N) is 1. The zero-order valence-electron chi connectivity index (χ0n) is 14.2. The highest BCUT2D eigenvalue weighted by Crippen LogP contribution is 2.30. The summed E-state index contributed by atoms with van der Waals surface area (Å²) < 4.78 is 5.41. The third-order valence-electron chi connectivity index (χ3n) is 3.69. The summed E-state index contributed by atoms with van der Waals surface area (Å²) in [4.78, 5) is 12.0. The van der Waals surface area contributed by atoms with Gasteiger partial charge in [-0.1, -0.05) is 61.2 Å². The minimum Gasteiger partial charge on any atom is -0.482 e. The van der Waals surface area contributed by atoms with Crippen LogP contribution in [0.5, 0.6) is 5.75 Å². The average molecular weight is 402 g/mol. The van der Waals surface area contributed by atoms with Gasteiger partial charge >= 0.3 is 0 Å². The first-order valence-corrected chi connectivity index (χ1v) is 9.81. The molecular formula is C17H21Cl2N3O2S. The molecule has 0 saturated heterocycles. The van der Waals surface area contributed by atoms with Crippen LogP contribution in [0.3, 0.4) is 0 Å². The zero-order valence-corrected chi connectivity index (χ0v) is 16.5. The van der Waals surface area contributed by atoms with Crippen LogP contribution in [0.4, 0.5) is 5.13 Å². The highest BCUT2D eigenvalue weighted by molar-refractivity contribution is 7.15. The number of anilines is 1. The molecule has 2 aromatic rings. The molecule has 0 radical (unpaired) electrons. The topological polar surface area (TPSA) is 64.1 Å². The van der Waals surface area contributed by atoms with E-state index in [0.717, 1.165) is 30.7 Å². The second-order valence-electron chi connectivity index (χ2n) is 5.60. The summed E-state index contributed by atoms with van der Waals surface area (Å²) in [6, 6.07) is 4.84. The van der Waals surface area contributed by atoms with Gasteiger partial charge in [0.1, 0.15) is 10.8 Å². The van der Waals surface area contributed by atoms with Gasteiger partial charge in [0.2, 0.25) is 5.13 Å². The summed E-state index contributed by atoms with van der Waals surface area (Å²) in [6.45, 7) is 4.15. The van der Waals surface area contributed by atoms with Crippen molar-refractivity contribution >= 4 is 45.6 Å². The van der Waals surface area contributed by atoms with Gasteiger partial charge in [0.05, 0.1) is 5.02 Å². The van der Waals surface area contributed by atoms with Crippen LogP contribution in [-0.4, -0.2) is 22.7 Å². The lowest BCUT2D eigenvalue weighted by atomic mass is 10.0. The van der Waals surface area contributed by atoms with Crippen molar-refractivity contribution in [2.75, 3.05) is 11.9 Å². The third kappa shape index (κ3) is 6.13. The number of unbranched alkanes of at least 4 members (excludes halogenated alkanes) is 1. The van der Waals surface area contributed by atoms with E-state index in [-0.39, 0.29) is 12.5 Å². The van der Waals surface area contributed by atoms with Crippen molar-refractivity contribution in [3.05, 3.63) is 33.3 Å². The lowest BCUT2D eigenvalue weighted by molar-refractivity contribution is -0.118. The number of carbonyl (C=O) groups excluding carboxylic acids is 1. The monoisotopic (exact) mass is 401 g/mol. The molecule has 5 nitrogen and oxygen atoms in total. The van der Waals surface area contributed by atoms with Crippen LogP contribution in [0.15, 0.2) is 18.2 Å². The molecule has 25 heavy (non-hydrogen) atoms. The van der Waals surface area contributed by atoms with Crippen LogP contribution in [0.2, 0.25) is 10.0 Å². The number of benzene rings is 1. The zero-order chi connectivity index (χ0) is 18.2. The van der Waals surface area contributed by atoms with Crippen LogP contribution < -0.4 is 10.1 Å². The molecule has 0 aliphatic rings. The number of carbonyl (C=O) groups is 1. The molecule has 1 heterocycles. The second kappa shape index (κ2) is 9.94. The van der Waals surface area contributed by atoms with E-state index < -0.39 is 0 Å². The Balaban J connectivity index is 1.88. The first-order chi connectivity index (χ1) is 12.0. The van der Waals surface area contributed by atoms with Gasteiger partial charge in [0, 0.05) is 10.9 Å². The number of nitrogens with zero attached hydrogens (tertiary/aromatic N) is 2. The van der Waals surface area contributed by atoms with Gasteiger partial charge in [0.15, 0.2) is 6.61 Å². The fourth-order valence-electron chi connectivity index (χ4n) is 2.29. The lowest BCUT2D eigenvalue weighted by Gasteiger charge is -2.09. The molecule has 0 spiro atoms. The molecule has 8 heteroatoms. The quantitative estimate of drug-likeness (QED) is 0.598. The van der Waals surface area contributed by atoms with Gasteiger partial charge in [-0.25, -0.2) is 0 Å². The minimum absolute atomic E-state index is 0.163. The molecule has 1 amide bonds. The molecule has 0 aliphatic carbocycles. The van der Waals surface area contributed by atoms with E-state index in [4.69, 9.17) is 27.9 Å². The molecule has 1 atom stereocenters. The second-order valence-corrected chi connectivity index (χ2v) is 7.46. The Morgan fingerprint density at radius 3 is 2.80 bits per heavy atom. The summed E-state index contributed by atoms with van der Waals surface area (Å²) in [5, 5.41) is 13.3. The number of hydrogen-bond donors (Lipinski definition) is 1. The van der Waals surface area contributed by atoms with Crippen LogP contribution in [0.1, 0.15) is 50.5 Å². The van der Waals surface area contributed by atoms with Crippen LogP contribution in [-0.2, 0) is 4.79 Å². The Morgan fingerprint density at radius 2 is 2.12 bits per heavy atom. The molecule has 0 saturated carbocycles. The summed E-state index contributed by atoms with van der Waals surface area (Å²) in [7, 11) is 0. The molecule has 0 bridgehead atoms. The van der Waals surface area contributed by atoms with E-state index >= 15 is 0 Å². The first kappa shape index (κ1) is 19.9. The maximum atomic E-state index is 12.0. The van der Waals surface area contributed by atoms with E-state index in [1.807, 2.05) is 0 Å². The Bertz CT molecular complexity index is 709. The summed E-state index contributed by atoms with van der Waals surface area (Å²) in [5.74, 6) is 0.493.